The lowest BCUT2D eigenvalue weighted by molar-refractivity contribution is 0.471. The van der Waals surface area contributed by atoms with E-state index in [2.05, 4.69) is 0 Å². The molecule has 4 heteroatoms. The molecule has 0 amide bonds. The monoisotopic (exact) mass is 240 g/mol. The molecule has 0 heterocycles. The maximum Gasteiger partial charge on any atom is 0.126 e. The summed E-state index contributed by atoms with van der Waals surface area (Å²) in [7, 11) is 0. The van der Waals surface area contributed by atoms with E-state index in [1.807, 2.05) is 0 Å². The molecule has 0 spiro atoms. The SMILES string of the molecule is Oc1cc(F)ccc1-c1cc(F)cc(Cl)c1. The molecule has 0 radical (unpaired) electrons. The molecule has 0 unspecified atom stereocenters. The van der Waals surface area contributed by atoms with E-state index in [0.717, 1.165) is 12.1 Å². The van der Waals surface area contributed by atoms with Gasteiger partial charge in [-0.2, -0.15) is 0 Å². The molecule has 0 fully saturated rings. The third-order valence-electron chi connectivity index (χ3n) is 2.13. The normalized spacial score (nSPS) is 10.4. The van der Waals surface area contributed by atoms with Crippen molar-refractivity contribution < 1.29 is 13.9 Å². The van der Waals surface area contributed by atoms with Crippen LogP contribution < -0.4 is 0 Å². The van der Waals surface area contributed by atoms with Crippen LogP contribution in [0.1, 0.15) is 0 Å². The Bertz CT molecular complexity index is 520. The van der Waals surface area contributed by atoms with Crippen LogP contribution >= 0.6 is 11.6 Å². The van der Waals surface area contributed by atoms with E-state index in [1.165, 1.54) is 24.3 Å². The first-order valence-corrected chi connectivity index (χ1v) is 4.89. The predicted octanol–water partition coefficient (Wildman–Crippen LogP) is 3.99. The molecular weight excluding hydrogens is 234 g/mol. The van der Waals surface area contributed by atoms with E-state index in [4.69, 9.17) is 11.6 Å². The minimum Gasteiger partial charge on any atom is -0.507 e. The zero-order valence-corrected chi connectivity index (χ0v) is 8.80. The molecule has 2 aromatic rings. The first-order chi connectivity index (χ1) is 7.56. The van der Waals surface area contributed by atoms with Crippen LogP contribution in [0.2, 0.25) is 5.02 Å². The van der Waals surface area contributed by atoms with E-state index in [-0.39, 0.29) is 10.8 Å². The zero-order valence-electron chi connectivity index (χ0n) is 8.05. The van der Waals surface area contributed by atoms with Crippen molar-refractivity contribution in [2.75, 3.05) is 0 Å². The van der Waals surface area contributed by atoms with Gasteiger partial charge in [0.2, 0.25) is 0 Å². The smallest absolute Gasteiger partial charge is 0.126 e. The number of aromatic hydroxyl groups is 1. The van der Waals surface area contributed by atoms with Gasteiger partial charge in [0.25, 0.3) is 0 Å². The molecule has 1 N–H and O–H groups in total. The molecule has 0 saturated heterocycles. The van der Waals surface area contributed by atoms with E-state index in [9.17, 15) is 13.9 Å². The van der Waals surface area contributed by atoms with Crippen molar-refractivity contribution in [3.63, 3.8) is 0 Å². The van der Waals surface area contributed by atoms with Crippen LogP contribution in [0, 0.1) is 11.6 Å². The number of rotatable bonds is 1. The van der Waals surface area contributed by atoms with Gasteiger partial charge in [0.1, 0.15) is 17.4 Å². The Labute approximate surface area is 95.9 Å². The molecule has 82 valence electrons. The topological polar surface area (TPSA) is 20.2 Å². The van der Waals surface area contributed by atoms with Crippen LogP contribution in [0.3, 0.4) is 0 Å². The molecule has 0 aliphatic heterocycles. The summed E-state index contributed by atoms with van der Waals surface area (Å²) < 4.78 is 25.8. The van der Waals surface area contributed by atoms with Crippen molar-refractivity contribution >= 4 is 11.6 Å². The van der Waals surface area contributed by atoms with Gasteiger partial charge in [0, 0.05) is 16.7 Å². The maximum absolute atomic E-state index is 13.1. The van der Waals surface area contributed by atoms with Crippen molar-refractivity contribution in [1.82, 2.24) is 0 Å². The van der Waals surface area contributed by atoms with E-state index >= 15 is 0 Å². The highest BCUT2D eigenvalue weighted by molar-refractivity contribution is 6.30. The van der Waals surface area contributed by atoms with Crippen LogP contribution in [0.5, 0.6) is 5.75 Å². The Kier molecular flexibility index (Phi) is 2.79. The number of phenolic OH excluding ortho intramolecular Hbond substituents is 1. The average Bonchev–Trinajstić information content (AvgIpc) is 2.15. The fourth-order valence-electron chi connectivity index (χ4n) is 1.46. The van der Waals surface area contributed by atoms with Gasteiger partial charge in [-0.3, -0.25) is 0 Å². The van der Waals surface area contributed by atoms with Crippen LogP contribution in [-0.2, 0) is 0 Å². The second-order valence-corrected chi connectivity index (χ2v) is 3.76. The lowest BCUT2D eigenvalue weighted by Crippen LogP contribution is -1.83. The largest absolute Gasteiger partial charge is 0.507 e. The summed E-state index contributed by atoms with van der Waals surface area (Å²) in [5.41, 5.74) is 0.741. The molecular formula is C12H7ClF2O. The third kappa shape index (κ3) is 2.14. The Morgan fingerprint density at radius 3 is 2.31 bits per heavy atom. The van der Waals surface area contributed by atoms with Crippen LogP contribution in [-0.4, -0.2) is 5.11 Å². The Balaban J connectivity index is 2.58. The lowest BCUT2D eigenvalue weighted by Gasteiger charge is -2.05. The fraction of sp³-hybridized carbons (Fsp3) is 0. The van der Waals surface area contributed by atoms with Gasteiger partial charge in [-0.05, 0) is 35.9 Å². The van der Waals surface area contributed by atoms with Crippen molar-refractivity contribution in [2.45, 2.75) is 0 Å². The Morgan fingerprint density at radius 2 is 1.69 bits per heavy atom. The molecule has 2 rings (SSSR count). The summed E-state index contributed by atoms with van der Waals surface area (Å²) >= 11 is 5.69. The minimum absolute atomic E-state index is 0.221. The van der Waals surface area contributed by atoms with Gasteiger partial charge in [0.15, 0.2) is 0 Å². The Morgan fingerprint density at radius 1 is 0.938 bits per heavy atom. The molecule has 0 bridgehead atoms. The van der Waals surface area contributed by atoms with Crippen molar-refractivity contribution in [3.8, 4) is 16.9 Å². The second-order valence-electron chi connectivity index (χ2n) is 3.32. The first-order valence-electron chi connectivity index (χ1n) is 4.51. The van der Waals surface area contributed by atoms with Gasteiger partial charge in [0.05, 0.1) is 0 Å². The van der Waals surface area contributed by atoms with Crippen LogP contribution in [0.4, 0.5) is 8.78 Å². The number of halogens is 3. The highest BCUT2D eigenvalue weighted by atomic mass is 35.5. The zero-order chi connectivity index (χ0) is 11.7. The highest BCUT2D eigenvalue weighted by Crippen LogP contribution is 2.31. The van der Waals surface area contributed by atoms with Crippen molar-refractivity contribution in [2.24, 2.45) is 0 Å². The molecule has 1 nitrogen and oxygen atoms in total. The van der Waals surface area contributed by atoms with E-state index in [0.29, 0.717) is 11.1 Å². The molecule has 0 atom stereocenters. The van der Waals surface area contributed by atoms with Crippen molar-refractivity contribution in [3.05, 3.63) is 53.1 Å². The van der Waals surface area contributed by atoms with Crippen molar-refractivity contribution in [1.29, 1.82) is 0 Å². The van der Waals surface area contributed by atoms with Gasteiger partial charge in [-0.25, -0.2) is 8.78 Å². The summed E-state index contributed by atoms with van der Waals surface area (Å²) in [5, 5.41) is 9.74. The quantitative estimate of drug-likeness (QED) is 0.799. The van der Waals surface area contributed by atoms with Crippen LogP contribution in [0.25, 0.3) is 11.1 Å². The molecule has 0 aliphatic carbocycles. The van der Waals surface area contributed by atoms with Gasteiger partial charge in [-0.1, -0.05) is 11.6 Å². The second kappa shape index (κ2) is 4.10. The summed E-state index contributed by atoms with van der Waals surface area (Å²) in [4.78, 5) is 0. The Hall–Kier alpha value is -1.61. The van der Waals surface area contributed by atoms with E-state index < -0.39 is 11.6 Å². The summed E-state index contributed by atoms with van der Waals surface area (Å²) in [6.07, 6.45) is 0. The van der Waals surface area contributed by atoms with E-state index in [1.54, 1.807) is 0 Å². The molecule has 0 saturated carbocycles. The number of phenols is 1. The summed E-state index contributed by atoms with van der Waals surface area (Å²) in [5.74, 6) is -1.31. The molecule has 0 aliphatic rings. The fourth-order valence-corrected chi connectivity index (χ4v) is 1.68. The average molecular weight is 241 g/mol. The third-order valence-corrected chi connectivity index (χ3v) is 2.35. The number of hydrogen-bond donors (Lipinski definition) is 1. The first kappa shape index (κ1) is 10.9. The van der Waals surface area contributed by atoms with Gasteiger partial charge < -0.3 is 5.11 Å². The van der Waals surface area contributed by atoms with Gasteiger partial charge in [-0.15, -0.1) is 0 Å². The minimum atomic E-state index is -0.552. The molecule has 2 aromatic carbocycles. The van der Waals surface area contributed by atoms with Gasteiger partial charge >= 0.3 is 0 Å². The van der Waals surface area contributed by atoms with Crippen LogP contribution in [0.15, 0.2) is 36.4 Å². The number of benzene rings is 2. The maximum atomic E-state index is 13.1. The predicted molar refractivity (Wildman–Crippen MR) is 58.5 cm³/mol. The number of hydrogen-bond acceptors (Lipinski definition) is 1. The summed E-state index contributed by atoms with van der Waals surface area (Å²) in [6, 6.07) is 7.40. The molecule has 16 heavy (non-hydrogen) atoms. The summed E-state index contributed by atoms with van der Waals surface area (Å²) in [6.45, 7) is 0. The molecule has 0 aromatic heterocycles. The highest BCUT2D eigenvalue weighted by Gasteiger charge is 2.07. The standard InChI is InChI=1S/C12H7ClF2O/c13-8-3-7(4-10(15)5-8)11-2-1-9(14)6-12(11)16/h1-6,16H. The lowest BCUT2D eigenvalue weighted by atomic mass is 10.0.